The molecule has 1 aliphatic rings. The first-order valence-corrected chi connectivity index (χ1v) is 5.67. The molecule has 0 saturated carbocycles. The molecule has 5 nitrogen and oxygen atoms in total. The molecule has 1 aromatic heterocycles. The minimum absolute atomic E-state index is 0.163. The highest BCUT2D eigenvalue weighted by Crippen LogP contribution is 2.40. The van der Waals surface area contributed by atoms with Crippen molar-refractivity contribution in [2.75, 3.05) is 0 Å². The largest absolute Gasteiger partial charge is 0.507 e. The fourth-order valence-electron chi connectivity index (χ4n) is 2.52. The molecule has 3 rings (SSSR count). The Kier molecular flexibility index (Phi) is 2.11. The Morgan fingerprint density at radius 3 is 1.53 bits per heavy atom. The van der Waals surface area contributed by atoms with Crippen molar-refractivity contribution < 1.29 is 24.2 Å². The third-order valence-corrected chi connectivity index (χ3v) is 3.33. The Morgan fingerprint density at radius 2 is 1.16 bits per heavy atom. The number of aryl methyl sites for hydroxylation is 2. The highest BCUT2D eigenvalue weighted by Gasteiger charge is 2.38. The second-order valence-corrected chi connectivity index (χ2v) is 4.48. The standard InChI is InChI=1S/C14H10O5/c1-5-9-10(6(2)19-5)14(18)12-8(16)4-3-7(15)11(12)13(9)17/h3-4,15-16H,1-2H3. The van der Waals surface area contributed by atoms with Crippen molar-refractivity contribution in [3.05, 3.63) is 45.9 Å². The highest BCUT2D eigenvalue weighted by molar-refractivity contribution is 6.30. The third-order valence-electron chi connectivity index (χ3n) is 3.33. The monoisotopic (exact) mass is 258 g/mol. The lowest BCUT2D eigenvalue weighted by molar-refractivity contribution is 0.0974. The average molecular weight is 258 g/mol. The average Bonchev–Trinajstić information content (AvgIpc) is 2.65. The molecule has 19 heavy (non-hydrogen) atoms. The van der Waals surface area contributed by atoms with E-state index in [9.17, 15) is 19.8 Å². The van der Waals surface area contributed by atoms with Crippen molar-refractivity contribution in [2.24, 2.45) is 0 Å². The van der Waals surface area contributed by atoms with Crippen LogP contribution in [-0.4, -0.2) is 21.8 Å². The SMILES string of the molecule is Cc1oc(C)c2c1C(=O)c1c(O)ccc(O)c1C2=O. The van der Waals surface area contributed by atoms with Crippen molar-refractivity contribution >= 4 is 11.6 Å². The van der Waals surface area contributed by atoms with E-state index in [0.29, 0.717) is 11.5 Å². The van der Waals surface area contributed by atoms with Gasteiger partial charge in [-0.05, 0) is 26.0 Å². The van der Waals surface area contributed by atoms with E-state index in [1.807, 2.05) is 0 Å². The minimum Gasteiger partial charge on any atom is -0.507 e. The molecule has 0 bridgehead atoms. The van der Waals surface area contributed by atoms with Crippen molar-refractivity contribution in [3.63, 3.8) is 0 Å². The number of carbonyl (C=O) groups is 2. The molecule has 0 spiro atoms. The molecule has 1 heterocycles. The summed E-state index contributed by atoms with van der Waals surface area (Å²) < 4.78 is 5.31. The predicted octanol–water partition coefficient (Wildman–Crippen LogP) is 2.08. The maximum Gasteiger partial charge on any atom is 0.201 e. The molecule has 1 aliphatic carbocycles. The van der Waals surface area contributed by atoms with Crippen LogP contribution in [0.5, 0.6) is 11.5 Å². The van der Waals surface area contributed by atoms with Gasteiger partial charge in [0.1, 0.15) is 23.0 Å². The fourth-order valence-corrected chi connectivity index (χ4v) is 2.52. The van der Waals surface area contributed by atoms with Crippen LogP contribution in [0.4, 0.5) is 0 Å². The number of fused-ring (bicyclic) bond motifs is 2. The topological polar surface area (TPSA) is 87.7 Å². The number of phenols is 2. The number of rotatable bonds is 0. The fraction of sp³-hybridized carbons (Fsp3) is 0.143. The van der Waals surface area contributed by atoms with Crippen LogP contribution in [0.15, 0.2) is 16.5 Å². The van der Waals surface area contributed by atoms with Crippen LogP contribution < -0.4 is 0 Å². The first-order chi connectivity index (χ1) is 8.93. The molecular formula is C14H10O5. The van der Waals surface area contributed by atoms with E-state index < -0.39 is 11.6 Å². The van der Waals surface area contributed by atoms with Gasteiger partial charge in [-0.1, -0.05) is 0 Å². The number of hydrogen-bond donors (Lipinski definition) is 2. The number of benzene rings is 1. The number of phenolic OH excluding ortho intramolecular Hbond substituents is 2. The maximum absolute atomic E-state index is 12.4. The lowest BCUT2D eigenvalue weighted by atomic mass is 9.83. The van der Waals surface area contributed by atoms with E-state index >= 15 is 0 Å². The summed E-state index contributed by atoms with van der Waals surface area (Å²) >= 11 is 0. The Balaban J connectivity index is 2.44. The van der Waals surface area contributed by atoms with E-state index in [1.165, 1.54) is 12.1 Å². The maximum atomic E-state index is 12.4. The Hall–Kier alpha value is -2.56. The van der Waals surface area contributed by atoms with Gasteiger partial charge in [0, 0.05) is 0 Å². The van der Waals surface area contributed by atoms with Crippen LogP contribution in [0, 0.1) is 13.8 Å². The smallest absolute Gasteiger partial charge is 0.201 e. The van der Waals surface area contributed by atoms with Crippen molar-refractivity contribution in [3.8, 4) is 11.5 Å². The zero-order valence-electron chi connectivity index (χ0n) is 10.3. The molecule has 0 radical (unpaired) electrons. The van der Waals surface area contributed by atoms with Gasteiger partial charge in [-0.25, -0.2) is 0 Å². The number of furan rings is 1. The molecule has 0 fully saturated rings. The summed E-state index contributed by atoms with van der Waals surface area (Å²) in [6.45, 7) is 3.17. The molecule has 0 saturated heterocycles. The summed E-state index contributed by atoms with van der Waals surface area (Å²) in [6.07, 6.45) is 0. The predicted molar refractivity (Wildman–Crippen MR) is 64.8 cm³/mol. The normalized spacial score (nSPS) is 13.4. The van der Waals surface area contributed by atoms with Crippen LogP contribution in [0.1, 0.15) is 43.4 Å². The van der Waals surface area contributed by atoms with E-state index in [2.05, 4.69) is 0 Å². The van der Waals surface area contributed by atoms with Crippen LogP contribution in [0.25, 0.3) is 0 Å². The molecule has 0 amide bonds. The second-order valence-electron chi connectivity index (χ2n) is 4.48. The number of hydrogen-bond acceptors (Lipinski definition) is 5. The van der Waals surface area contributed by atoms with Crippen molar-refractivity contribution in [1.29, 1.82) is 0 Å². The van der Waals surface area contributed by atoms with Gasteiger partial charge in [-0.2, -0.15) is 0 Å². The van der Waals surface area contributed by atoms with Gasteiger partial charge in [0.05, 0.1) is 22.3 Å². The lowest BCUT2D eigenvalue weighted by Gasteiger charge is -2.16. The number of carbonyl (C=O) groups excluding carboxylic acids is 2. The van der Waals surface area contributed by atoms with Crippen molar-refractivity contribution in [1.82, 2.24) is 0 Å². The summed E-state index contributed by atoms with van der Waals surface area (Å²) in [6, 6.07) is 2.37. The summed E-state index contributed by atoms with van der Waals surface area (Å²) in [4.78, 5) is 24.8. The van der Waals surface area contributed by atoms with Gasteiger partial charge >= 0.3 is 0 Å². The lowest BCUT2D eigenvalue weighted by Crippen LogP contribution is -2.21. The third kappa shape index (κ3) is 1.29. The summed E-state index contributed by atoms with van der Waals surface area (Å²) in [5.41, 5.74) is -0.00500. The molecule has 96 valence electrons. The zero-order valence-corrected chi connectivity index (χ0v) is 10.3. The van der Waals surface area contributed by atoms with E-state index in [1.54, 1.807) is 13.8 Å². The van der Waals surface area contributed by atoms with Gasteiger partial charge in [0.15, 0.2) is 0 Å². The molecule has 0 unspecified atom stereocenters. The minimum atomic E-state index is -0.507. The Bertz CT molecular complexity index is 690. The molecule has 2 N–H and O–H groups in total. The molecule has 1 aromatic carbocycles. The quantitative estimate of drug-likeness (QED) is 0.603. The van der Waals surface area contributed by atoms with Crippen LogP contribution >= 0.6 is 0 Å². The highest BCUT2D eigenvalue weighted by atomic mass is 16.3. The Labute approximate surface area is 108 Å². The van der Waals surface area contributed by atoms with Crippen molar-refractivity contribution in [2.45, 2.75) is 13.8 Å². The molecule has 0 atom stereocenters. The van der Waals surface area contributed by atoms with Crippen LogP contribution in [0.3, 0.4) is 0 Å². The second kappa shape index (κ2) is 3.47. The van der Waals surface area contributed by atoms with Gasteiger partial charge in [0.2, 0.25) is 11.6 Å². The number of ketones is 2. The van der Waals surface area contributed by atoms with Crippen LogP contribution in [-0.2, 0) is 0 Å². The molecular weight excluding hydrogens is 248 g/mol. The molecule has 2 aromatic rings. The van der Waals surface area contributed by atoms with Gasteiger partial charge in [-0.3, -0.25) is 9.59 Å². The van der Waals surface area contributed by atoms with E-state index in [4.69, 9.17) is 4.42 Å². The summed E-state index contributed by atoms with van der Waals surface area (Å²) in [7, 11) is 0. The van der Waals surface area contributed by atoms with Gasteiger partial charge in [0.25, 0.3) is 0 Å². The van der Waals surface area contributed by atoms with Gasteiger partial charge < -0.3 is 14.6 Å². The zero-order chi connectivity index (χ0) is 13.9. The van der Waals surface area contributed by atoms with Crippen LogP contribution in [0.2, 0.25) is 0 Å². The molecule has 0 aliphatic heterocycles. The number of aromatic hydroxyl groups is 2. The first-order valence-electron chi connectivity index (χ1n) is 5.67. The van der Waals surface area contributed by atoms with E-state index in [-0.39, 0.29) is 33.8 Å². The van der Waals surface area contributed by atoms with Gasteiger partial charge in [-0.15, -0.1) is 0 Å². The Morgan fingerprint density at radius 1 is 0.789 bits per heavy atom. The first kappa shape index (κ1) is 11.5. The summed E-state index contributed by atoms with van der Waals surface area (Å²) in [5.74, 6) is -0.997. The summed E-state index contributed by atoms with van der Waals surface area (Å²) in [5, 5.41) is 19.6. The molecule has 5 heteroatoms. The van der Waals surface area contributed by atoms with E-state index in [0.717, 1.165) is 0 Å².